The number of unbranched alkanes of at least 4 members (excludes halogenated alkanes) is 1. The lowest BCUT2D eigenvalue weighted by molar-refractivity contribution is -0.116. The van der Waals surface area contributed by atoms with Gasteiger partial charge in [0.2, 0.25) is 5.91 Å². The minimum atomic E-state index is 0.137. The van der Waals surface area contributed by atoms with Crippen LogP contribution in [0, 0.1) is 0 Å². The molecule has 3 rings (SSSR count). The molecule has 22 heavy (non-hydrogen) atoms. The lowest BCUT2D eigenvalue weighted by Gasteiger charge is -2.28. The smallest absolute Gasteiger partial charge is 0.223 e. The average Bonchev–Trinajstić information content (AvgIpc) is 2.54. The molecular formula is C19H24N2O. The van der Waals surface area contributed by atoms with E-state index in [0.29, 0.717) is 0 Å². The Morgan fingerprint density at radius 2 is 2.00 bits per heavy atom. The summed E-state index contributed by atoms with van der Waals surface area (Å²) in [7, 11) is 0. The largest absolute Gasteiger partial charge is 0.312 e. The summed E-state index contributed by atoms with van der Waals surface area (Å²) in [6.07, 6.45) is 6.59. The first kappa shape index (κ1) is 15.0. The van der Waals surface area contributed by atoms with E-state index < -0.39 is 0 Å². The summed E-state index contributed by atoms with van der Waals surface area (Å²) >= 11 is 0. The molecule has 3 heteroatoms. The zero-order valence-corrected chi connectivity index (χ0v) is 13.6. The normalized spacial score (nSPS) is 13.9. The summed E-state index contributed by atoms with van der Waals surface area (Å²) in [5.41, 5.74) is 4.64. The van der Waals surface area contributed by atoms with Crippen molar-refractivity contribution in [2.75, 3.05) is 11.4 Å². The number of anilines is 1. The minimum Gasteiger partial charge on any atom is -0.312 e. The summed E-state index contributed by atoms with van der Waals surface area (Å²) in [6, 6.07) is 8.24. The Labute approximate surface area is 132 Å². The molecule has 1 aromatic heterocycles. The number of hydrogen-bond donors (Lipinski definition) is 0. The van der Waals surface area contributed by atoms with Gasteiger partial charge in [-0.3, -0.25) is 9.78 Å². The summed E-state index contributed by atoms with van der Waals surface area (Å²) < 4.78 is 0. The van der Waals surface area contributed by atoms with Gasteiger partial charge < -0.3 is 4.90 Å². The standard InChI is InChI=1S/C19H24N2O/c1-3-4-13-21(14(2)22)19-15-9-5-7-11-17(15)20-18-12-8-6-10-16(18)19/h5,7,9,11H,3-4,6,8,10,12-13H2,1-2H3. The number of hydrogen-bond acceptors (Lipinski definition) is 2. The second-order valence-corrected chi connectivity index (χ2v) is 6.13. The van der Waals surface area contributed by atoms with Crippen LogP contribution in [0.4, 0.5) is 5.69 Å². The van der Waals surface area contributed by atoms with Gasteiger partial charge in [0.05, 0.1) is 11.2 Å². The van der Waals surface area contributed by atoms with Crippen molar-refractivity contribution in [1.29, 1.82) is 0 Å². The third-order valence-corrected chi connectivity index (χ3v) is 4.52. The molecule has 0 atom stereocenters. The van der Waals surface area contributed by atoms with Gasteiger partial charge in [-0.05, 0) is 43.7 Å². The first-order valence-electron chi connectivity index (χ1n) is 8.41. The van der Waals surface area contributed by atoms with E-state index in [-0.39, 0.29) is 5.91 Å². The Hall–Kier alpha value is -1.90. The molecule has 0 aliphatic heterocycles. The number of carbonyl (C=O) groups excluding carboxylic acids is 1. The SMILES string of the molecule is CCCCN(C(C)=O)c1c2c(nc3ccccc13)CCCC2. The van der Waals surface area contributed by atoms with E-state index in [1.165, 1.54) is 24.1 Å². The molecule has 0 saturated carbocycles. The number of nitrogens with zero attached hydrogens (tertiary/aromatic N) is 2. The van der Waals surface area contributed by atoms with Crippen LogP contribution >= 0.6 is 0 Å². The van der Waals surface area contributed by atoms with Gasteiger partial charge >= 0.3 is 0 Å². The van der Waals surface area contributed by atoms with Crippen LogP contribution in [-0.2, 0) is 17.6 Å². The monoisotopic (exact) mass is 296 g/mol. The lowest BCUT2D eigenvalue weighted by atomic mass is 9.92. The van der Waals surface area contributed by atoms with E-state index in [2.05, 4.69) is 19.1 Å². The van der Waals surface area contributed by atoms with E-state index in [0.717, 1.165) is 48.8 Å². The molecule has 116 valence electrons. The second-order valence-electron chi connectivity index (χ2n) is 6.13. The number of aryl methyl sites for hydroxylation is 1. The Morgan fingerprint density at radius 3 is 2.77 bits per heavy atom. The molecule has 1 aromatic carbocycles. The number of amides is 1. The third-order valence-electron chi connectivity index (χ3n) is 4.52. The van der Waals surface area contributed by atoms with E-state index >= 15 is 0 Å². The molecular weight excluding hydrogens is 272 g/mol. The average molecular weight is 296 g/mol. The number of carbonyl (C=O) groups is 1. The first-order valence-corrected chi connectivity index (χ1v) is 8.41. The molecule has 1 aliphatic carbocycles. The Bertz CT molecular complexity index is 693. The highest BCUT2D eigenvalue weighted by Gasteiger charge is 2.23. The number of fused-ring (bicyclic) bond motifs is 2. The molecule has 1 heterocycles. The lowest BCUT2D eigenvalue weighted by Crippen LogP contribution is -2.31. The fourth-order valence-electron chi connectivity index (χ4n) is 3.40. The van der Waals surface area contributed by atoms with Crippen molar-refractivity contribution in [3.05, 3.63) is 35.5 Å². The Kier molecular flexibility index (Phi) is 4.41. The molecule has 3 nitrogen and oxygen atoms in total. The highest BCUT2D eigenvalue weighted by molar-refractivity contribution is 6.03. The van der Waals surface area contributed by atoms with Crippen LogP contribution in [0.25, 0.3) is 10.9 Å². The van der Waals surface area contributed by atoms with Crippen LogP contribution in [0.3, 0.4) is 0 Å². The number of pyridine rings is 1. The Morgan fingerprint density at radius 1 is 1.23 bits per heavy atom. The first-order chi connectivity index (χ1) is 10.7. The van der Waals surface area contributed by atoms with E-state index in [1.807, 2.05) is 17.0 Å². The molecule has 0 fully saturated rings. The summed E-state index contributed by atoms with van der Waals surface area (Å²) in [5.74, 6) is 0.137. The maximum absolute atomic E-state index is 12.3. The van der Waals surface area contributed by atoms with Crippen LogP contribution in [-0.4, -0.2) is 17.4 Å². The van der Waals surface area contributed by atoms with Gasteiger partial charge in [0, 0.05) is 24.5 Å². The predicted molar refractivity (Wildman–Crippen MR) is 91.3 cm³/mol. The maximum atomic E-state index is 12.3. The van der Waals surface area contributed by atoms with Crippen LogP contribution in [0.5, 0.6) is 0 Å². The number of benzene rings is 1. The summed E-state index contributed by atoms with van der Waals surface area (Å²) in [4.78, 5) is 19.1. The van der Waals surface area contributed by atoms with Crippen molar-refractivity contribution in [3.8, 4) is 0 Å². The Balaban J connectivity index is 2.22. The zero-order valence-electron chi connectivity index (χ0n) is 13.6. The fraction of sp³-hybridized carbons (Fsp3) is 0.474. The summed E-state index contributed by atoms with van der Waals surface area (Å²) in [6.45, 7) is 4.64. The van der Waals surface area contributed by atoms with Gasteiger partial charge in [0.15, 0.2) is 0 Å². The molecule has 0 saturated heterocycles. The van der Waals surface area contributed by atoms with Gasteiger partial charge in [0.1, 0.15) is 0 Å². The zero-order chi connectivity index (χ0) is 15.5. The van der Waals surface area contributed by atoms with Gasteiger partial charge in [-0.15, -0.1) is 0 Å². The van der Waals surface area contributed by atoms with Gasteiger partial charge in [0.25, 0.3) is 0 Å². The van der Waals surface area contributed by atoms with Crippen molar-refractivity contribution in [2.45, 2.75) is 52.4 Å². The van der Waals surface area contributed by atoms with Crippen molar-refractivity contribution < 1.29 is 4.79 Å². The van der Waals surface area contributed by atoms with Crippen LogP contribution in [0.1, 0.15) is 50.8 Å². The minimum absolute atomic E-state index is 0.137. The second kappa shape index (κ2) is 6.47. The number of para-hydroxylation sites is 1. The van der Waals surface area contributed by atoms with Crippen LogP contribution in [0.2, 0.25) is 0 Å². The topological polar surface area (TPSA) is 33.2 Å². The number of aromatic nitrogens is 1. The summed E-state index contributed by atoms with van der Waals surface area (Å²) in [5, 5.41) is 1.12. The van der Waals surface area contributed by atoms with Gasteiger partial charge in [-0.2, -0.15) is 0 Å². The fourth-order valence-corrected chi connectivity index (χ4v) is 3.40. The van der Waals surface area contributed by atoms with Gasteiger partial charge in [-0.1, -0.05) is 31.5 Å². The molecule has 0 N–H and O–H groups in total. The highest BCUT2D eigenvalue weighted by Crippen LogP contribution is 2.36. The van der Waals surface area contributed by atoms with E-state index in [4.69, 9.17) is 4.98 Å². The molecule has 1 amide bonds. The van der Waals surface area contributed by atoms with Crippen molar-refractivity contribution >= 4 is 22.5 Å². The third kappa shape index (κ3) is 2.72. The molecule has 0 unspecified atom stereocenters. The van der Waals surface area contributed by atoms with Crippen LogP contribution < -0.4 is 4.90 Å². The molecule has 0 bridgehead atoms. The van der Waals surface area contributed by atoms with Crippen LogP contribution in [0.15, 0.2) is 24.3 Å². The molecule has 1 aliphatic rings. The quantitative estimate of drug-likeness (QED) is 0.844. The maximum Gasteiger partial charge on any atom is 0.223 e. The molecule has 0 radical (unpaired) electrons. The predicted octanol–water partition coefficient (Wildman–Crippen LogP) is 4.27. The van der Waals surface area contributed by atoms with E-state index in [1.54, 1.807) is 6.92 Å². The molecule has 0 spiro atoms. The van der Waals surface area contributed by atoms with Crippen molar-refractivity contribution in [2.24, 2.45) is 0 Å². The molecule has 2 aromatic rings. The van der Waals surface area contributed by atoms with Gasteiger partial charge in [-0.25, -0.2) is 0 Å². The highest BCUT2D eigenvalue weighted by atomic mass is 16.2. The van der Waals surface area contributed by atoms with Crippen molar-refractivity contribution in [3.63, 3.8) is 0 Å². The van der Waals surface area contributed by atoms with Crippen molar-refractivity contribution in [1.82, 2.24) is 4.98 Å². The number of rotatable bonds is 4. The van der Waals surface area contributed by atoms with E-state index in [9.17, 15) is 4.79 Å².